The Hall–Kier alpha value is -2.16. The maximum Gasteiger partial charge on any atom is 0.0786 e. The van der Waals surface area contributed by atoms with E-state index in [1.807, 2.05) is 24.3 Å². The molecule has 0 fully saturated rings. The molecule has 0 aliphatic rings. The summed E-state index contributed by atoms with van der Waals surface area (Å²) in [6, 6.07) is 20.9. The third-order valence-corrected chi connectivity index (χ3v) is 6.19. The van der Waals surface area contributed by atoms with Gasteiger partial charge in [0.15, 0.2) is 0 Å². The molecular weight excluding hydrogens is 404 g/mol. The predicted octanol–water partition coefficient (Wildman–Crippen LogP) is 7.53. The van der Waals surface area contributed by atoms with Crippen LogP contribution in [0.25, 0.3) is 0 Å². The van der Waals surface area contributed by atoms with E-state index in [9.17, 15) is 5.11 Å². The van der Waals surface area contributed by atoms with E-state index in [4.69, 9.17) is 4.74 Å². The van der Waals surface area contributed by atoms with Crippen molar-refractivity contribution in [3.63, 3.8) is 0 Å². The highest BCUT2D eigenvalue weighted by Crippen LogP contribution is 2.24. The van der Waals surface area contributed by atoms with E-state index in [2.05, 4.69) is 90.2 Å². The highest BCUT2D eigenvalue weighted by Gasteiger charge is 2.23. The molecular formula is C31H46O2. The van der Waals surface area contributed by atoms with Gasteiger partial charge in [-0.05, 0) is 54.1 Å². The maximum absolute atomic E-state index is 9.83. The van der Waals surface area contributed by atoms with Crippen LogP contribution in [0.3, 0.4) is 0 Å². The van der Waals surface area contributed by atoms with Gasteiger partial charge in [-0.25, -0.2) is 0 Å². The van der Waals surface area contributed by atoms with Crippen LogP contribution >= 0.6 is 0 Å². The molecule has 0 saturated carbocycles. The summed E-state index contributed by atoms with van der Waals surface area (Å²) >= 11 is 0. The molecule has 0 saturated heterocycles. The van der Waals surface area contributed by atoms with Crippen molar-refractivity contribution in [3.8, 4) is 0 Å². The molecule has 0 amide bonds. The molecule has 182 valence electrons. The van der Waals surface area contributed by atoms with Crippen molar-refractivity contribution in [2.24, 2.45) is 23.7 Å². The standard InChI is InChI=1S/C17H26O.C14H20O/c1-5-12-18-17(6-2)16(14(3)4)13-15-10-8-7-9-11-15;1-4-14(15)13(11(2)3)10-12-8-6-5-7-9-12/h6-11,14,16-17H,2,5,12-13H2,1,3-4H3;4-9,11,13-15H,1,10H2,2-3H3/t16-,17-;13-,14-/m00/s1. The monoisotopic (exact) mass is 450 g/mol. The lowest BCUT2D eigenvalue weighted by Crippen LogP contribution is -2.28. The van der Waals surface area contributed by atoms with Crippen molar-refractivity contribution in [3.05, 3.63) is 97.1 Å². The number of benzene rings is 2. The number of aliphatic hydroxyl groups is 1. The zero-order valence-corrected chi connectivity index (χ0v) is 21.5. The number of hydrogen-bond donors (Lipinski definition) is 1. The van der Waals surface area contributed by atoms with Crippen LogP contribution in [0.5, 0.6) is 0 Å². The SMILES string of the molecule is C=C[C@H](O)[C@@H](Cc1ccccc1)C(C)C.C=C[C@H](OCCC)[C@@H](Cc1ccccc1)C(C)C. The number of ether oxygens (including phenoxy) is 1. The summed E-state index contributed by atoms with van der Waals surface area (Å²) in [7, 11) is 0. The Morgan fingerprint density at radius 2 is 1.21 bits per heavy atom. The van der Waals surface area contributed by atoms with E-state index in [0.717, 1.165) is 25.9 Å². The van der Waals surface area contributed by atoms with Gasteiger partial charge in [-0.1, -0.05) is 107 Å². The lowest BCUT2D eigenvalue weighted by Gasteiger charge is -2.28. The summed E-state index contributed by atoms with van der Waals surface area (Å²) in [5.74, 6) is 1.80. The highest BCUT2D eigenvalue weighted by atomic mass is 16.5. The average Bonchev–Trinajstić information content (AvgIpc) is 2.83. The first kappa shape index (κ1) is 28.9. The van der Waals surface area contributed by atoms with Gasteiger partial charge in [-0.15, -0.1) is 13.2 Å². The summed E-state index contributed by atoms with van der Waals surface area (Å²) < 4.78 is 5.92. The van der Waals surface area contributed by atoms with Crippen LogP contribution in [0, 0.1) is 23.7 Å². The molecule has 0 aliphatic carbocycles. The van der Waals surface area contributed by atoms with Crippen molar-refractivity contribution in [2.45, 2.75) is 66.1 Å². The fraction of sp³-hybridized carbons (Fsp3) is 0.484. The normalized spacial score (nSPS) is 14.7. The van der Waals surface area contributed by atoms with Gasteiger partial charge in [-0.3, -0.25) is 0 Å². The lowest BCUT2D eigenvalue weighted by atomic mass is 9.84. The first-order valence-electron chi connectivity index (χ1n) is 12.5. The molecule has 2 aromatic rings. The van der Waals surface area contributed by atoms with E-state index < -0.39 is 6.10 Å². The van der Waals surface area contributed by atoms with Gasteiger partial charge in [-0.2, -0.15) is 0 Å². The minimum absolute atomic E-state index is 0.158. The van der Waals surface area contributed by atoms with E-state index in [1.54, 1.807) is 6.08 Å². The molecule has 2 nitrogen and oxygen atoms in total. The van der Waals surface area contributed by atoms with E-state index in [0.29, 0.717) is 17.8 Å². The third-order valence-electron chi connectivity index (χ3n) is 6.19. The Morgan fingerprint density at radius 1 is 0.758 bits per heavy atom. The number of hydrogen-bond acceptors (Lipinski definition) is 2. The summed E-state index contributed by atoms with van der Waals surface area (Å²) in [6.45, 7) is 19.3. The second kappa shape index (κ2) is 16.5. The molecule has 0 spiro atoms. The predicted molar refractivity (Wildman–Crippen MR) is 143 cm³/mol. The first-order chi connectivity index (χ1) is 15.8. The molecule has 0 bridgehead atoms. The first-order valence-corrected chi connectivity index (χ1v) is 12.5. The maximum atomic E-state index is 9.83. The Bertz CT molecular complexity index is 751. The van der Waals surface area contributed by atoms with Crippen molar-refractivity contribution >= 4 is 0 Å². The van der Waals surface area contributed by atoms with Gasteiger partial charge in [0, 0.05) is 6.61 Å². The van der Waals surface area contributed by atoms with Crippen LogP contribution in [-0.2, 0) is 17.6 Å². The van der Waals surface area contributed by atoms with Gasteiger partial charge < -0.3 is 9.84 Å². The molecule has 0 aliphatic heterocycles. The van der Waals surface area contributed by atoms with Gasteiger partial charge >= 0.3 is 0 Å². The smallest absolute Gasteiger partial charge is 0.0786 e. The van der Waals surface area contributed by atoms with Gasteiger partial charge in [0.2, 0.25) is 0 Å². The third kappa shape index (κ3) is 11.0. The fourth-order valence-corrected chi connectivity index (χ4v) is 4.05. The quantitative estimate of drug-likeness (QED) is 0.320. The average molecular weight is 451 g/mol. The van der Waals surface area contributed by atoms with Crippen LogP contribution in [0.15, 0.2) is 86.0 Å². The van der Waals surface area contributed by atoms with Crippen molar-refractivity contribution in [1.82, 2.24) is 0 Å². The number of aliphatic hydroxyl groups excluding tert-OH is 1. The Kier molecular flexibility index (Phi) is 14.4. The zero-order chi connectivity index (χ0) is 24.6. The second-order valence-electron chi connectivity index (χ2n) is 9.49. The highest BCUT2D eigenvalue weighted by molar-refractivity contribution is 5.17. The second-order valence-corrected chi connectivity index (χ2v) is 9.49. The Balaban J connectivity index is 0.000000335. The molecule has 0 radical (unpaired) electrons. The molecule has 2 rings (SSSR count). The van der Waals surface area contributed by atoms with Crippen LogP contribution in [0.2, 0.25) is 0 Å². The van der Waals surface area contributed by atoms with Gasteiger partial charge in [0.25, 0.3) is 0 Å². The summed E-state index contributed by atoms with van der Waals surface area (Å²) in [5.41, 5.74) is 2.65. The molecule has 1 N–H and O–H groups in total. The lowest BCUT2D eigenvalue weighted by molar-refractivity contribution is 0.0296. The molecule has 2 aromatic carbocycles. The summed E-state index contributed by atoms with van der Waals surface area (Å²) in [6.07, 6.45) is 6.36. The Morgan fingerprint density at radius 3 is 1.58 bits per heavy atom. The summed E-state index contributed by atoms with van der Waals surface area (Å²) in [4.78, 5) is 0. The topological polar surface area (TPSA) is 29.5 Å². The molecule has 4 atom stereocenters. The summed E-state index contributed by atoms with van der Waals surface area (Å²) in [5, 5.41) is 9.83. The Labute approximate surface area is 203 Å². The van der Waals surface area contributed by atoms with Crippen LogP contribution in [-0.4, -0.2) is 23.9 Å². The van der Waals surface area contributed by atoms with E-state index in [-0.39, 0.29) is 12.0 Å². The van der Waals surface area contributed by atoms with Gasteiger partial charge in [0.1, 0.15) is 0 Å². The molecule has 2 heteroatoms. The fourth-order valence-electron chi connectivity index (χ4n) is 4.05. The molecule has 0 heterocycles. The van der Waals surface area contributed by atoms with Crippen LogP contribution in [0.4, 0.5) is 0 Å². The van der Waals surface area contributed by atoms with E-state index >= 15 is 0 Å². The minimum atomic E-state index is -0.412. The van der Waals surface area contributed by atoms with Crippen molar-refractivity contribution < 1.29 is 9.84 Å². The molecule has 33 heavy (non-hydrogen) atoms. The number of rotatable bonds is 13. The van der Waals surface area contributed by atoms with Crippen molar-refractivity contribution in [2.75, 3.05) is 6.61 Å². The van der Waals surface area contributed by atoms with Crippen molar-refractivity contribution in [1.29, 1.82) is 0 Å². The largest absolute Gasteiger partial charge is 0.389 e. The van der Waals surface area contributed by atoms with Crippen LogP contribution < -0.4 is 0 Å². The van der Waals surface area contributed by atoms with E-state index in [1.165, 1.54) is 11.1 Å². The van der Waals surface area contributed by atoms with Crippen LogP contribution in [0.1, 0.15) is 52.2 Å². The minimum Gasteiger partial charge on any atom is -0.389 e. The molecule has 0 unspecified atom stereocenters. The zero-order valence-electron chi connectivity index (χ0n) is 21.5. The van der Waals surface area contributed by atoms with Gasteiger partial charge in [0.05, 0.1) is 12.2 Å². The molecule has 0 aromatic heterocycles.